The zero-order valence-corrected chi connectivity index (χ0v) is 12.5. The molecule has 4 heteroatoms. The van der Waals surface area contributed by atoms with Gasteiger partial charge in [0.15, 0.2) is 0 Å². The van der Waals surface area contributed by atoms with Crippen LogP contribution >= 0.6 is 0 Å². The van der Waals surface area contributed by atoms with E-state index in [-0.39, 0.29) is 5.91 Å². The van der Waals surface area contributed by atoms with Gasteiger partial charge in [0.25, 0.3) is 0 Å². The molecule has 1 aromatic rings. The molecule has 2 aliphatic rings. The SMILES string of the molecule is CC(C)(C)C1CCN(c2cc3c(cc2N)CC(=O)N3)C1. The first kappa shape index (κ1) is 13.3. The number of carbonyl (C=O) groups is 1. The summed E-state index contributed by atoms with van der Waals surface area (Å²) < 4.78 is 0. The zero-order chi connectivity index (χ0) is 14.5. The van der Waals surface area contributed by atoms with Gasteiger partial charge < -0.3 is 16.0 Å². The van der Waals surface area contributed by atoms with Crippen molar-refractivity contribution in [1.82, 2.24) is 0 Å². The van der Waals surface area contributed by atoms with Gasteiger partial charge in [-0.25, -0.2) is 0 Å². The Morgan fingerprint density at radius 3 is 2.75 bits per heavy atom. The highest BCUT2D eigenvalue weighted by atomic mass is 16.1. The number of anilines is 3. The normalized spacial score (nSPS) is 22.1. The second-order valence-corrected chi connectivity index (χ2v) is 7.09. The summed E-state index contributed by atoms with van der Waals surface area (Å²) in [7, 11) is 0. The van der Waals surface area contributed by atoms with Crippen molar-refractivity contribution in [3.8, 4) is 0 Å². The molecule has 1 atom stereocenters. The number of nitrogens with zero attached hydrogens (tertiary/aromatic N) is 1. The second kappa shape index (κ2) is 4.40. The number of benzene rings is 1. The zero-order valence-electron chi connectivity index (χ0n) is 12.5. The lowest BCUT2D eigenvalue weighted by atomic mass is 9.80. The van der Waals surface area contributed by atoms with Crippen LogP contribution in [0.15, 0.2) is 12.1 Å². The van der Waals surface area contributed by atoms with Crippen molar-refractivity contribution in [2.24, 2.45) is 11.3 Å². The van der Waals surface area contributed by atoms with Crippen LogP contribution in [0.3, 0.4) is 0 Å². The van der Waals surface area contributed by atoms with Gasteiger partial charge in [0, 0.05) is 18.8 Å². The van der Waals surface area contributed by atoms with Crippen LogP contribution in [0.2, 0.25) is 0 Å². The molecule has 1 fully saturated rings. The third-order valence-electron chi connectivity index (χ3n) is 4.63. The van der Waals surface area contributed by atoms with Crippen molar-refractivity contribution in [3.63, 3.8) is 0 Å². The lowest BCUT2D eigenvalue weighted by molar-refractivity contribution is -0.115. The van der Waals surface area contributed by atoms with Gasteiger partial charge in [-0.05, 0) is 35.4 Å². The van der Waals surface area contributed by atoms with Crippen molar-refractivity contribution in [2.45, 2.75) is 33.6 Å². The Hall–Kier alpha value is -1.71. The van der Waals surface area contributed by atoms with Crippen molar-refractivity contribution in [2.75, 3.05) is 29.0 Å². The van der Waals surface area contributed by atoms with E-state index in [0.717, 1.165) is 35.7 Å². The fraction of sp³-hybridized carbons (Fsp3) is 0.562. The molecule has 0 aromatic heterocycles. The number of nitrogen functional groups attached to an aromatic ring is 1. The Balaban J connectivity index is 1.86. The van der Waals surface area contributed by atoms with Crippen LogP contribution in [0.5, 0.6) is 0 Å². The first-order chi connectivity index (χ1) is 9.34. The minimum Gasteiger partial charge on any atom is -0.397 e. The second-order valence-electron chi connectivity index (χ2n) is 7.09. The maximum atomic E-state index is 11.5. The summed E-state index contributed by atoms with van der Waals surface area (Å²) in [6.45, 7) is 8.98. The standard InChI is InChI=1S/C16H23N3O/c1-16(2,3)11-4-5-19(9-11)14-8-13-10(6-12(14)17)7-15(20)18-13/h6,8,11H,4-5,7,9,17H2,1-3H3,(H,18,20). The molecule has 0 saturated carbocycles. The summed E-state index contributed by atoms with van der Waals surface area (Å²) in [6.07, 6.45) is 1.65. The molecule has 4 nitrogen and oxygen atoms in total. The van der Waals surface area contributed by atoms with E-state index in [4.69, 9.17) is 5.73 Å². The molecule has 0 spiro atoms. The number of hydrogen-bond donors (Lipinski definition) is 2. The highest BCUT2D eigenvalue weighted by Gasteiger charge is 2.33. The Morgan fingerprint density at radius 1 is 1.35 bits per heavy atom. The van der Waals surface area contributed by atoms with Gasteiger partial charge >= 0.3 is 0 Å². The molecule has 1 saturated heterocycles. The average molecular weight is 273 g/mol. The molecule has 3 N–H and O–H groups in total. The van der Waals surface area contributed by atoms with E-state index >= 15 is 0 Å². The van der Waals surface area contributed by atoms with E-state index in [1.54, 1.807) is 0 Å². The fourth-order valence-electron chi connectivity index (χ4n) is 3.24. The maximum Gasteiger partial charge on any atom is 0.228 e. The number of nitrogens with one attached hydrogen (secondary N) is 1. The van der Waals surface area contributed by atoms with Gasteiger partial charge in [-0.15, -0.1) is 0 Å². The molecular formula is C16H23N3O. The first-order valence-electron chi connectivity index (χ1n) is 7.32. The Labute approximate surface area is 120 Å². The first-order valence-corrected chi connectivity index (χ1v) is 7.32. The summed E-state index contributed by atoms with van der Waals surface area (Å²) in [4.78, 5) is 13.8. The topological polar surface area (TPSA) is 58.4 Å². The number of fused-ring (bicyclic) bond motifs is 1. The average Bonchev–Trinajstić information content (AvgIpc) is 2.92. The number of amides is 1. The van der Waals surface area contributed by atoms with Crippen LogP contribution < -0.4 is 16.0 Å². The lowest BCUT2D eigenvalue weighted by Crippen LogP contribution is -2.26. The van der Waals surface area contributed by atoms with Gasteiger partial charge in [-0.2, -0.15) is 0 Å². The monoisotopic (exact) mass is 273 g/mol. The number of hydrogen-bond acceptors (Lipinski definition) is 3. The van der Waals surface area contributed by atoms with Gasteiger partial charge in [0.2, 0.25) is 5.91 Å². The summed E-state index contributed by atoms with van der Waals surface area (Å²) in [5.74, 6) is 0.746. The molecule has 0 aliphatic carbocycles. The maximum absolute atomic E-state index is 11.5. The largest absolute Gasteiger partial charge is 0.397 e. The van der Waals surface area contributed by atoms with Gasteiger partial charge in [-0.3, -0.25) is 4.79 Å². The molecule has 1 aromatic carbocycles. The van der Waals surface area contributed by atoms with Crippen LogP contribution in [0.25, 0.3) is 0 Å². The number of rotatable bonds is 1. The van der Waals surface area contributed by atoms with Crippen molar-refractivity contribution < 1.29 is 4.79 Å². The Bertz CT molecular complexity index is 560. The summed E-state index contributed by atoms with van der Waals surface area (Å²) in [5.41, 5.74) is 10.3. The van der Waals surface area contributed by atoms with E-state index in [1.807, 2.05) is 12.1 Å². The predicted octanol–water partition coefficient (Wildman–Crippen LogP) is 2.64. The molecule has 0 radical (unpaired) electrons. The van der Waals surface area contributed by atoms with Crippen LogP contribution in [0.4, 0.5) is 17.1 Å². The molecule has 2 aliphatic heterocycles. The highest BCUT2D eigenvalue weighted by Crippen LogP contribution is 2.39. The van der Waals surface area contributed by atoms with Crippen LogP contribution in [0, 0.1) is 11.3 Å². The minimum atomic E-state index is 0.0607. The van der Waals surface area contributed by atoms with Crippen LogP contribution in [-0.4, -0.2) is 19.0 Å². The van der Waals surface area contributed by atoms with Crippen molar-refractivity contribution >= 4 is 23.0 Å². The number of carbonyl (C=O) groups excluding carboxylic acids is 1. The van der Waals surface area contributed by atoms with E-state index in [2.05, 4.69) is 31.0 Å². The molecule has 20 heavy (non-hydrogen) atoms. The summed E-state index contributed by atoms with van der Waals surface area (Å²) >= 11 is 0. The van der Waals surface area contributed by atoms with Gasteiger partial charge in [0.05, 0.1) is 17.8 Å². The Morgan fingerprint density at radius 2 is 2.10 bits per heavy atom. The third kappa shape index (κ3) is 2.23. The van der Waals surface area contributed by atoms with E-state index in [9.17, 15) is 4.79 Å². The fourth-order valence-corrected chi connectivity index (χ4v) is 3.24. The quantitative estimate of drug-likeness (QED) is 0.773. The predicted molar refractivity (Wildman–Crippen MR) is 83.0 cm³/mol. The van der Waals surface area contributed by atoms with E-state index in [1.165, 1.54) is 6.42 Å². The minimum absolute atomic E-state index is 0.0607. The summed E-state index contributed by atoms with van der Waals surface area (Å²) in [5, 5.41) is 2.91. The van der Waals surface area contributed by atoms with Gasteiger partial charge in [0.1, 0.15) is 0 Å². The third-order valence-corrected chi connectivity index (χ3v) is 4.63. The van der Waals surface area contributed by atoms with E-state index in [0.29, 0.717) is 17.8 Å². The van der Waals surface area contributed by atoms with Crippen LogP contribution in [0.1, 0.15) is 32.8 Å². The molecule has 1 unspecified atom stereocenters. The Kier molecular flexibility index (Phi) is 2.92. The van der Waals surface area contributed by atoms with E-state index < -0.39 is 0 Å². The molecule has 108 valence electrons. The van der Waals surface area contributed by atoms with Gasteiger partial charge in [-0.1, -0.05) is 20.8 Å². The highest BCUT2D eigenvalue weighted by molar-refractivity contribution is 6.00. The van der Waals surface area contributed by atoms with Crippen molar-refractivity contribution in [3.05, 3.63) is 17.7 Å². The molecule has 2 heterocycles. The molecular weight excluding hydrogens is 250 g/mol. The molecule has 1 amide bonds. The van der Waals surface area contributed by atoms with Crippen LogP contribution in [-0.2, 0) is 11.2 Å². The van der Waals surface area contributed by atoms with Crippen molar-refractivity contribution in [1.29, 1.82) is 0 Å². The molecule has 0 bridgehead atoms. The summed E-state index contributed by atoms with van der Waals surface area (Å²) in [6, 6.07) is 3.99. The number of nitrogens with two attached hydrogens (primary N) is 1. The smallest absolute Gasteiger partial charge is 0.228 e. The lowest BCUT2D eigenvalue weighted by Gasteiger charge is -2.28. The molecule has 3 rings (SSSR count).